The molecule has 0 radical (unpaired) electrons. The number of carbonyl (C=O) groups is 3. The Labute approximate surface area is 301 Å². The first-order valence-electron chi connectivity index (χ1n) is 18.2. The fourth-order valence-corrected chi connectivity index (χ4v) is 9.19. The number of aromatic nitrogens is 2. The quantitative estimate of drug-likeness (QED) is 0.214. The number of aliphatic carboxylic acids is 1. The Balaban J connectivity index is 1.42. The molecule has 274 valence electrons. The molecule has 2 N–H and O–H groups in total. The van der Waals surface area contributed by atoms with Crippen molar-refractivity contribution in [1.82, 2.24) is 20.0 Å². The Kier molecular flexibility index (Phi) is 9.98. The molecule has 0 atom stereocenters. The van der Waals surface area contributed by atoms with Gasteiger partial charge in [-0.3, -0.25) is 9.59 Å². The Hall–Kier alpha value is -4.38. The highest BCUT2D eigenvalue weighted by Gasteiger charge is 2.62. The normalized spacial score (nSPS) is 23.7. The van der Waals surface area contributed by atoms with Crippen molar-refractivity contribution in [1.29, 1.82) is 0 Å². The van der Waals surface area contributed by atoms with E-state index in [0.29, 0.717) is 52.4 Å². The summed E-state index contributed by atoms with van der Waals surface area (Å²) in [7, 11) is 11.4. The number of rotatable bonds is 13. The molecule has 4 bridgehead atoms. The highest BCUT2D eigenvalue weighted by Crippen LogP contribution is 2.58. The van der Waals surface area contributed by atoms with Crippen LogP contribution in [0.4, 0.5) is 0 Å². The Morgan fingerprint density at radius 3 is 2.12 bits per heavy atom. The molecule has 11 nitrogen and oxygen atoms in total. The summed E-state index contributed by atoms with van der Waals surface area (Å²) in [5, 5.41) is 18.7. The van der Waals surface area contributed by atoms with Gasteiger partial charge in [0.1, 0.15) is 17.0 Å². The summed E-state index contributed by atoms with van der Waals surface area (Å²) in [4.78, 5) is 42.8. The maximum Gasteiger partial charge on any atom is 0.330 e. The predicted octanol–water partition coefficient (Wildman–Crippen LogP) is 5.86. The second-order valence-electron chi connectivity index (χ2n) is 16.3. The van der Waals surface area contributed by atoms with Crippen LogP contribution < -0.4 is 14.8 Å². The summed E-state index contributed by atoms with van der Waals surface area (Å²) in [5.74, 6) is 0.370. The maximum atomic E-state index is 14.3. The number of quaternary nitrogens is 1. The fraction of sp³-hybridized carbons (Fsp3) is 0.550. The number of nitrogens with zero attached hydrogens (tertiary/aromatic N) is 4. The molecule has 4 fully saturated rings. The molecule has 11 heteroatoms. The van der Waals surface area contributed by atoms with Crippen molar-refractivity contribution in [3.63, 3.8) is 0 Å². The number of carboxylic acid groups (broad SMARTS) is 1. The first-order valence-corrected chi connectivity index (χ1v) is 18.2. The highest BCUT2D eigenvalue weighted by molar-refractivity contribution is 5.98. The molecule has 2 amide bonds. The van der Waals surface area contributed by atoms with Crippen LogP contribution in [0.15, 0.2) is 42.5 Å². The molecule has 2 aromatic carbocycles. The van der Waals surface area contributed by atoms with E-state index < -0.39 is 17.4 Å². The lowest BCUT2D eigenvalue weighted by molar-refractivity contribution is -0.870. The van der Waals surface area contributed by atoms with E-state index >= 15 is 0 Å². The number of carboxylic acids is 1. The van der Waals surface area contributed by atoms with E-state index in [-0.39, 0.29) is 29.4 Å². The van der Waals surface area contributed by atoms with Crippen LogP contribution in [-0.2, 0) is 4.79 Å². The molecule has 0 aliphatic heterocycles. The predicted molar refractivity (Wildman–Crippen MR) is 196 cm³/mol. The van der Waals surface area contributed by atoms with Crippen molar-refractivity contribution in [3.8, 4) is 28.4 Å². The van der Waals surface area contributed by atoms with Crippen molar-refractivity contribution in [2.75, 3.05) is 55.5 Å². The van der Waals surface area contributed by atoms with E-state index in [2.05, 4.69) is 40.3 Å². The molecule has 7 rings (SSSR count). The summed E-state index contributed by atoms with van der Waals surface area (Å²) < 4.78 is 14.1. The van der Waals surface area contributed by atoms with Gasteiger partial charge in [-0.1, -0.05) is 19.9 Å². The van der Waals surface area contributed by atoms with Crippen molar-refractivity contribution >= 4 is 17.8 Å². The molecule has 0 saturated heterocycles. The van der Waals surface area contributed by atoms with Gasteiger partial charge in [-0.05, 0) is 104 Å². The van der Waals surface area contributed by atoms with Crippen molar-refractivity contribution < 1.29 is 33.4 Å². The lowest BCUT2D eigenvalue weighted by atomic mass is 9.48. The van der Waals surface area contributed by atoms with Gasteiger partial charge in [-0.2, -0.15) is 5.10 Å². The molecule has 51 heavy (non-hydrogen) atoms. The van der Waals surface area contributed by atoms with E-state index in [4.69, 9.17) is 14.6 Å². The fourth-order valence-electron chi connectivity index (χ4n) is 9.19. The van der Waals surface area contributed by atoms with Crippen LogP contribution in [0.2, 0.25) is 0 Å². The second kappa shape index (κ2) is 14.0. The Bertz CT molecular complexity index is 1760. The van der Waals surface area contributed by atoms with Gasteiger partial charge in [0.15, 0.2) is 5.69 Å². The van der Waals surface area contributed by atoms with Crippen molar-refractivity contribution in [2.45, 2.75) is 63.8 Å². The maximum absolute atomic E-state index is 14.3. The summed E-state index contributed by atoms with van der Waals surface area (Å²) >= 11 is 0. The second-order valence-corrected chi connectivity index (χ2v) is 16.3. The first kappa shape index (κ1) is 36.4. The van der Waals surface area contributed by atoms with E-state index in [1.807, 2.05) is 37.4 Å². The average molecular weight is 701 g/mol. The van der Waals surface area contributed by atoms with Crippen molar-refractivity contribution in [3.05, 3.63) is 59.3 Å². The topological polar surface area (TPSA) is 123 Å². The van der Waals surface area contributed by atoms with Gasteiger partial charge in [0.05, 0.1) is 58.9 Å². The van der Waals surface area contributed by atoms with Gasteiger partial charge in [-0.15, -0.1) is 0 Å². The van der Waals surface area contributed by atoms with Crippen LogP contribution >= 0.6 is 0 Å². The third-order valence-corrected chi connectivity index (χ3v) is 11.5. The molecule has 1 heterocycles. The van der Waals surface area contributed by atoms with Gasteiger partial charge in [0.25, 0.3) is 11.8 Å². The number of hydrogen-bond acceptors (Lipinski definition) is 6. The van der Waals surface area contributed by atoms with Gasteiger partial charge < -0.3 is 29.3 Å². The molecular formula is C40H54N5O6+. The van der Waals surface area contributed by atoms with Crippen molar-refractivity contribution in [2.24, 2.45) is 23.7 Å². The number of hydrogen-bond donors (Lipinski definition) is 2. The molecule has 3 aromatic rings. The monoisotopic (exact) mass is 700 g/mol. The number of carbonyl (C=O) groups excluding carboxylic acids is 2. The van der Waals surface area contributed by atoms with E-state index in [9.17, 15) is 19.5 Å². The lowest BCUT2D eigenvalue weighted by Crippen LogP contribution is -2.70. The summed E-state index contributed by atoms with van der Waals surface area (Å²) in [6.45, 7) is 5.71. The minimum absolute atomic E-state index is 0.00605. The average Bonchev–Trinajstić information content (AvgIpc) is 3.52. The van der Waals surface area contributed by atoms with Crippen LogP contribution in [0.3, 0.4) is 0 Å². The molecule has 0 unspecified atom stereocenters. The molecule has 4 aliphatic rings. The minimum atomic E-state index is -1.32. The lowest BCUT2D eigenvalue weighted by Gasteiger charge is -2.59. The van der Waals surface area contributed by atoms with Gasteiger partial charge in [0, 0.05) is 25.6 Å². The van der Waals surface area contributed by atoms with Crippen LogP contribution in [0.5, 0.6) is 11.5 Å². The van der Waals surface area contributed by atoms with E-state index in [0.717, 1.165) is 48.7 Å². The van der Waals surface area contributed by atoms with Crippen LogP contribution in [0.25, 0.3) is 16.9 Å². The van der Waals surface area contributed by atoms with Crippen LogP contribution in [0, 0.1) is 23.7 Å². The third kappa shape index (κ3) is 6.84. The summed E-state index contributed by atoms with van der Waals surface area (Å²) in [6.07, 6.45) is 5.35. The molecule has 0 spiro atoms. The van der Waals surface area contributed by atoms with Gasteiger partial charge in [0.2, 0.25) is 0 Å². The number of benzene rings is 2. The zero-order valence-electron chi connectivity index (χ0n) is 31.4. The SMILES string of the molecule is COc1cccc(OC)c1-c1cc(C(=O)NC2(C(=O)O)C3CC4CC(C3)CC2C4)nn1-c1ccc(C(=O)N(C)CCC[N+](C)(C)C)cc1C(C)C. The zero-order valence-corrected chi connectivity index (χ0v) is 31.4. The Morgan fingerprint density at radius 1 is 0.980 bits per heavy atom. The standard InChI is InChI=1S/C40H53N5O6/c1-24(2)30-22-27(38(47)43(3)15-10-16-45(4,5)6)13-14-32(30)44-33(36-34(50-7)11-9-12-35(36)51-8)23-31(42-44)37(46)41-40(39(48)49)28-18-25-17-26(20-28)21-29(40)19-25/h9,11-14,22-26,28-29H,10,15-21H2,1-8H3,(H-,41,46,48,49)/p+1. The highest BCUT2D eigenvalue weighted by atomic mass is 16.5. The van der Waals surface area contributed by atoms with Crippen LogP contribution in [-0.4, -0.2) is 103 Å². The van der Waals surface area contributed by atoms with Gasteiger partial charge in [-0.25, -0.2) is 9.48 Å². The molecule has 4 saturated carbocycles. The molecule has 1 aromatic heterocycles. The summed E-state index contributed by atoms with van der Waals surface area (Å²) in [5.41, 5.74) is 2.05. The Morgan fingerprint density at radius 2 is 1.59 bits per heavy atom. The molecule has 4 aliphatic carbocycles. The van der Waals surface area contributed by atoms with E-state index in [1.54, 1.807) is 35.9 Å². The number of ether oxygens (including phenoxy) is 2. The first-order chi connectivity index (χ1) is 24.2. The van der Waals surface area contributed by atoms with E-state index in [1.165, 1.54) is 6.42 Å². The third-order valence-electron chi connectivity index (χ3n) is 11.5. The smallest absolute Gasteiger partial charge is 0.330 e. The number of methoxy groups -OCH3 is 2. The van der Waals surface area contributed by atoms with Gasteiger partial charge >= 0.3 is 5.97 Å². The summed E-state index contributed by atoms with van der Waals surface area (Å²) in [6, 6.07) is 12.8. The number of nitrogens with one attached hydrogen (secondary N) is 1. The minimum Gasteiger partial charge on any atom is -0.496 e. The largest absolute Gasteiger partial charge is 0.496 e. The zero-order chi connectivity index (χ0) is 36.8. The number of amides is 2. The molecular weight excluding hydrogens is 646 g/mol. The van der Waals surface area contributed by atoms with Crippen LogP contribution in [0.1, 0.15) is 84.7 Å².